The molecule has 0 unspecified atom stereocenters. The lowest BCUT2D eigenvalue weighted by Crippen LogP contribution is -2.48. The van der Waals surface area contributed by atoms with Crippen molar-refractivity contribution in [3.8, 4) is 5.75 Å². The Morgan fingerprint density at radius 2 is 2.00 bits per heavy atom. The number of amides is 2. The zero-order valence-corrected chi connectivity index (χ0v) is 13.9. The number of aliphatic hydroxyl groups is 1. The molecule has 1 aromatic rings. The van der Waals surface area contributed by atoms with Crippen molar-refractivity contribution in [3.05, 3.63) is 29.8 Å². The van der Waals surface area contributed by atoms with E-state index < -0.39 is 17.9 Å². The van der Waals surface area contributed by atoms with Crippen molar-refractivity contribution >= 4 is 12.0 Å². The van der Waals surface area contributed by atoms with E-state index in [2.05, 4.69) is 0 Å². The Balaban J connectivity index is 2.29. The maximum Gasteiger partial charge on any atom is 0.417 e. The van der Waals surface area contributed by atoms with Crippen LogP contribution in [0, 0.1) is 5.41 Å². The lowest BCUT2D eigenvalue weighted by atomic mass is 9.86. The van der Waals surface area contributed by atoms with Crippen molar-refractivity contribution in [2.24, 2.45) is 5.41 Å². The number of benzene rings is 1. The van der Waals surface area contributed by atoms with Crippen LogP contribution in [0.15, 0.2) is 24.3 Å². The minimum absolute atomic E-state index is 0.175. The van der Waals surface area contributed by atoms with Gasteiger partial charge < -0.3 is 14.6 Å². The average molecular weight is 321 g/mol. The van der Waals surface area contributed by atoms with Crippen LogP contribution in [-0.2, 0) is 9.53 Å². The molecular weight excluding hydrogens is 298 g/mol. The van der Waals surface area contributed by atoms with Gasteiger partial charge >= 0.3 is 6.09 Å². The average Bonchev–Trinajstić information content (AvgIpc) is 2.90. The smallest absolute Gasteiger partial charge is 0.417 e. The molecule has 0 radical (unpaired) electrons. The van der Waals surface area contributed by atoms with Gasteiger partial charge in [-0.3, -0.25) is 4.79 Å². The molecule has 6 nitrogen and oxygen atoms in total. The number of carbonyl (C=O) groups excluding carboxylic acids is 2. The van der Waals surface area contributed by atoms with Gasteiger partial charge in [-0.1, -0.05) is 32.9 Å². The molecule has 1 aliphatic heterocycles. The summed E-state index contributed by atoms with van der Waals surface area (Å²) in [5, 5.41) is 9.68. The Morgan fingerprint density at radius 1 is 1.39 bits per heavy atom. The molecule has 1 N–H and O–H groups in total. The van der Waals surface area contributed by atoms with Crippen molar-refractivity contribution in [1.82, 2.24) is 4.90 Å². The maximum absolute atomic E-state index is 12.8. The highest BCUT2D eigenvalue weighted by Crippen LogP contribution is 2.32. The molecule has 1 aliphatic rings. The number of hydrogen-bond acceptors (Lipinski definition) is 5. The second kappa shape index (κ2) is 6.58. The molecule has 0 aromatic heterocycles. The molecule has 2 rings (SSSR count). The normalized spacial score (nSPS) is 19.4. The van der Waals surface area contributed by atoms with E-state index in [0.29, 0.717) is 11.3 Å². The quantitative estimate of drug-likeness (QED) is 0.920. The molecule has 0 bridgehead atoms. The van der Waals surface area contributed by atoms with Gasteiger partial charge in [0.25, 0.3) is 0 Å². The number of carbonyl (C=O) groups is 2. The van der Waals surface area contributed by atoms with Crippen molar-refractivity contribution < 1.29 is 24.2 Å². The van der Waals surface area contributed by atoms with Gasteiger partial charge in [0, 0.05) is 0 Å². The molecule has 126 valence electrons. The van der Waals surface area contributed by atoms with Gasteiger partial charge in [0.05, 0.1) is 25.7 Å². The summed E-state index contributed by atoms with van der Waals surface area (Å²) in [4.78, 5) is 26.0. The highest BCUT2D eigenvalue weighted by molar-refractivity contribution is 5.97. The van der Waals surface area contributed by atoms with Gasteiger partial charge in [-0.2, -0.15) is 0 Å². The van der Waals surface area contributed by atoms with Crippen LogP contribution in [0.1, 0.15) is 32.3 Å². The van der Waals surface area contributed by atoms with Crippen LogP contribution in [0.5, 0.6) is 5.75 Å². The number of imide groups is 1. The molecule has 0 saturated carbocycles. The number of aliphatic hydroxyl groups excluding tert-OH is 1. The highest BCUT2D eigenvalue weighted by atomic mass is 16.6. The topological polar surface area (TPSA) is 76.1 Å². The molecule has 2 atom stereocenters. The third kappa shape index (κ3) is 3.47. The fraction of sp³-hybridized carbons (Fsp3) is 0.529. The van der Waals surface area contributed by atoms with Crippen molar-refractivity contribution in [2.45, 2.75) is 32.7 Å². The van der Waals surface area contributed by atoms with E-state index in [1.807, 2.05) is 20.8 Å². The molecular formula is C17H23NO5. The zero-order valence-electron chi connectivity index (χ0n) is 13.9. The minimum atomic E-state index is -0.809. The van der Waals surface area contributed by atoms with E-state index in [-0.39, 0.29) is 24.7 Å². The molecule has 0 spiro atoms. The van der Waals surface area contributed by atoms with Gasteiger partial charge in [0.1, 0.15) is 12.4 Å². The summed E-state index contributed by atoms with van der Waals surface area (Å²) in [6, 6.07) is 6.51. The fourth-order valence-electron chi connectivity index (χ4n) is 2.63. The largest absolute Gasteiger partial charge is 0.497 e. The first kappa shape index (κ1) is 17.3. The standard InChI is InChI=1S/C17H23NO5/c1-17(2,3)14-10-23-16(21)18(14)15(20)13(9-19)11-5-7-12(22-4)8-6-11/h5-8,13-14,19H,9-10H2,1-4H3/t13-,14+/m0/s1. The molecule has 1 aromatic carbocycles. The molecule has 2 amide bonds. The van der Waals surface area contributed by atoms with Crippen LogP contribution in [0.2, 0.25) is 0 Å². The lowest BCUT2D eigenvalue weighted by Gasteiger charge is -2.32. The van der Waals surface area contributed by atoms with Crippen LogP contribution >= 0.6 is 0 Å². The third-order valence-electron chi connectivity index (χ3n) is 4.11. The van der Waals surface area contributed by atoms with Crippen LogP contribution in [-0.4, -0.2) is 48.4 Å². The van der Waals surface area contributed by atoms with Gasteiger partial charge in [0.15, 0.2) is 0 Å². The first-order valence-corrected chi connectivity index (χ1v) is 7.54. The molecule has 23 heavy (non-hydrogen) atoms. The Morgan fingerprint density at radius 3 is 2.48 bits per heavy atom. The summed E-state index contributed by atoms with van der Waals surface area (Å²) in [6.07, 6.45) is -0.651. The van der Waals surface area contributed by atoms with Crippen LogP contribution in [0.4, 0.5) is 4.79 Å². The van der Waals surface area contributed by atoms with E-state index in [9.17, 15) is 14.7 Å². The number of methoxy groups -OCH3 is 1. The zero-order chi connectivity index (χ0) is 17.2. The van der Waals surface area contributed by atoms with Gasteiger partial charge in [-0.05, 0) is 23.1 Å². The monoisotopic (exact) mass is 321 g/mol. The Labute approximate surface area is 136 Å². The number of cyclic esters (lactones) is 1. The first-order chi connectivity index (χ1) is 10.8. The van der Waals surface area contributed by atoms with E-state index in [0.717, 1.165) is 4.90 Å². The molecule has 0 aliphatic carbocycles. The maximum atomic E-state index is 12.8. The molecule has 1 fully saturated rings. The Bertz CT molecular complexity index is 576. The second-order valence-corrected chi connectivity index (χ2v) is 6.68. The van der Waals surface area contributed by atoms with Gasteiger partial charge in [-0.15, -0.1) is 0 Å². The predicted octanol–water partition coefficient (Wildman–Crippen LogP) is 2.16. The highest BCUT2D eigenvalue weighted by Gasteiger charge is 2.46. The number of nitrogens with zero attached hydrogens (tertiary/aromatic N) is 1. The van der Waals surface area contributed by atoms with Gasteiger partial charge in [-0.25, -0.2) is 9.69 Å². The van der Waals surface area contributed by atoms with Crippen molar-refractivity contribution in [1.29, 1.82) is 0 Å². The molecule has 6 heteroatoms. The van der Waals surface area contributed by atoms with Gasteiger partial charge in [0.2, 0.25) is 5.91 Å². The first-order valence-electron chi connectivity index (χ1n) is 7.54. The lowest BCUT2D eigenvalue weighted by molar-refractivity contribution is -0.133. The summed E-state index contributed by atoms with van der Waals surface area (Å²) in [7, 11) is 1.55. The number of rotatable bonds is 4. The van der Waals surface area contributed by atoms with E-state index in [1.165, 1.54) is 0 Å². The van der Waals surface area contributed by atoms with Crippen LogP contribution < -0.4 is 4.74 Å². The second-order valence-electron chi connectivity index (χ2n) is 6.68. The molecule has 1 heterocycles. The van der Waals surface area contributed by atoms with Crippen LogP contribution in [0.3, 0.4) is 0 Å². The van der Waals surface area contributed by atoms with E-state index in [4.69, 9.17) is 9.47 Å². The Kier molecular flexibility index (Phi) is 4.94. The number of ether oxygens (including phenoxy) is 2. The van der Waals surface area contributed by atoms with Crippen LogP contribution in [0.25, 0.3) is 0 Å². The predicted molar refractivity (Wildman–Crippen MR) is 84.3 cm³/mol. The SMILES string of the molecule is COc1ccc([C@H](CO)C(=O)N2C(=O)OC[C@@H]2C(C)(C)C)cc1. The Hall–Kier alpha value is -2.08. The summed E-state index contributed by atoms with van der Waals surface area (Å²) in [6.45, 7) is 5.63. The van der Waals surface area contributed by atoms with Crippen molar-refractivity contribution in [3.63, 3.8) is 0 Å². The molecule has 1 saturated heterocycles. The van der Waals surface area contributed by atoms with E-state index >= 15 is 0 Å². The summed E-state index contributed by atoms with van der Waals surface area (Å²) in [5.74, 6) is -0.595. The third-order valence-corrected chi connectivity index (χ3v) is 4.11. The fourth-order valence-corrected chi connectivity index (χ4v) is 2.63. The number of hydrogen-bond donors (Lipinski definition) is 1. The summed E-state index contributed by atoms with van der Waals surface area (Å²) in [5.41, 5.74) is 0.326. The summed E-state index contributed by atoms with van der Waals surface area (Å²) < 4.78 is 10.1. The van der Waals surface area contributed by atoms with E-state index in [1.54, 1.807) is 31.4 Å². The van der Waals surface area contributed by atoms with Crippen molar-refractivity contribution in [2.75, 3.05) is 20.3 Å². The minimum Gasteiger partial charge on any atom is -0.497 e. The summed E-state index contributed by atoms with van der Waals surface area (Å²) >= 11 is 0.